The Balaban J connectivity index is 3.48. The van der Waals surface area contributed by atoms with E-state index >= 15 is 0 Å². The fraction of sp³-hybridized carbons (Fsp3) is 0.750. The van der Waals surface area contributed by atoms with Crippen LogP contribution in [-0.4, -0.2) is 9.78 Å². The monoisotopic (exact) mass is 212 g/mol. The van der Waals surface area contributed by atoms with Crippen LogP contribution in [0.15, 0.2) is 0 Å². The summed E-state index contributed by atoms with van der Waals surface area (Å²) in [6.45, 7) is 12.2. The van der Waals surface area contributed by atoms with E-state index in [0.29, 0.717) is 0 Å². The van der Waals surface area contributed by atoms with Crippen LogP contribution in [0.2, 0.25) is 0 Å². The molecule has 0 amide bonds. The highest BCUT2D eigenvalue weighted by atomic mass is 19.1. The average Bonchev–Trinajstić information content (AvgIpc) is 2.25. The van der Waals surface area contributed by atoms with Crippen LogP contribution >= 0.6 is 0 Å². The van der Waals surface area contributed by atoms with Gasteiger partial charge in [-0.2, -0.15) is 9.49 Å². The molecule has 0 bridgehead atoms. The minimum atomic E-state index is -0.215. The van der Waals surface area contributed by atoms with Crippen LogP contribution in [0, 0.1) is 5.95 Å². The van der Waals surface area contributed by atoms with Crippen LogP contribution < -0.4 is 0 Å². The molecule has 3 heteroatoms. The molecular weight excluding hydrogens is 191 g/mol. The lowest BCUT2D eigenvalue weighted by Crippen LogP contribution is -2.22. The molecule has 0 atom stereocenters. The van der Waals surface area contributed by atoms with Gasteiger partial charge in [0.2, 0.25) is 5.95 Å². The molecule has 1 aromatic heterocycles. The molecule has 0 spiro atoms. The maximum atomic E-state index is 13.9. The zero-order valence-electron chi connectivity index (χ0n) is 10.8. The summed E-state index contributed by atoms with van der Waals surface area (Å²) < 4.78 is 15.3. The molecule has 15 heavy (non-hydrogen) atoms. The molecule has 0 aliphatic heterocycles. The SMILES string of the molecule is Cn1nc(C(C)(C)C)c(C(C)(C)C)c1F. The first-order valence-corrected chi connectivity index (χ1v) is 5.28. The van der Waals surface area contributed by atoms with Crippen molar-refractivity contribution in [3.05, 3.63) is 17.2 Å². The van der Waals surface area contributed by atoms with Gasteiger partial charge in [-0.15, -0.1) is 0 Å². The van der Waals surface area contributed by atoms with E-state index in [4.69, 9.17) is 0 Å². The molecule has 2 nitrogen and oxygen atoms in total. The summed E-state index contributed by atoms with van der Waals surface area (Å²) in [6.07, 6.45) is 0. The van der Waals surface area contributed by atoms with Crippen molar-refractivity contribution in [3.8, 4) is 0 Å². The van der Waals surface area contributed by atoms with E-state index in [9.17, 15) is 4.39 Å². The van der Waals surface area contributed by atoms with Gasteiger partial charge in [0.25, 0.3) is 0 Å². The highest BCUT2D eigenvalue weighted by molar-refractivity contribution is 5.31. The largest absolute Gasteiger partial charge is 0.242 e. The van der Waals surface area contributed by atoms with E-state index in [0.717, 1.165) is 11.3 Å². The van der Waals surface area contributed by atoms with E-state index in [1.165, 1.54) is 4.68 Å². The van der Waals surface area contributed by atoms with Gasteiger partial charge in [-0.05, 0) is 5.41 Å². The molecule has 86 valence electrons. The molecule has 0 radical (unpaired) electrons. The first-order chi connectivity index (χ1) is 6.55. The fourth-order valence-electron chi connectivity index (χ4n) is 1.69. The molecule has 0 aliphatic rings. The van der Waals surface area contributed by atoms with E-state index in [1.54, 1.807) is 7.05 Å². The van der Waals surface area contributed by atoms with Gasteiger partial charge in [0.1, 0.15) is 0 Å². The van der Waals surface area contributed by atoms with Crippen LogP contribution in [0.3, 0.4) is 0 Å². The van der Waals surface area contributed by atoms with Gasteiger partial charge in [-0.25, -0.2) is 4.68 Å². The van der Waals surface area contributed by atoms with Gasteiger partial charge in [0, 0.05) is 18.0 Å². The molecule has 0 N–H and O–H groups in total. The van der Waals surface area contributed by atoms with Gasteiger partial charge < -0.3 is 0 Å². The topological polar surface area (TPSA) is 17.8 Å². The van der Waals surface area contributed by atoms with Crippen LogP contribution in [0.5, 0.6) is 0 Å². The lowest BCUT2D eigenvalue weighted by Gasteiger charge is -2.24. The quantitative estimate of drug-likeness (QED) is 0.646. The smallest absolute Gasteiger partial charge is 0.215 e. The second kappa shape index (κ2) is 3.32. The van der Waals surface area contributed by atoms with Crippen LogP contribution in [0.4, 0.5) is 4.39 Å². The predicted octanol–water partition coefficient (Wildman–Crippen LogP) is 3.15. The second-order valence-corrected chi connectivity index (χ2v) is 6.14. The number of hydrogen-bond donors (Lipinski definition) is 0. The number of aryl methyl sites for hydroxylation is 1. The molecule has 1 heterocycles. The first-order valence-electron chi connectivity index (χ1n) is 5.28. The molecule has 0 saturated carbocycles. The minimum absolute atomic E-state index is 0.120. The number of nitrogens with zero attached hydrogens (tertiary/aromatic N) is 2. The summed E-state index contributed by atoms with van der Waals surface area (Å²) in [6, 6.07) is 0. The molecule has 1 aromatic rings. The molecule has 0 aliphatic carbocycles. The third-order valence-electron chi connectivity index (χ3n) is 2.44. The lowest BCUT2D eigenvalue weighted by molar-refractivity contribution is 0.463. The van der Waals surface area contributed by atoms with E-state index in [-0.39, 0.29) is 16.8 Å². The van der Waals surface area contributed by atoms with Crippen molar-refractivity contribution < 1.29 is 4.39 Å². The van der Waals surface area contributed by atoms with Gasteiger partial charge in [-0.3, -0.25) is 0 Å². The Hall–Kier alpha value is -0.860. The molecular formula is C12H21FN2. The molecule has 0 aromatic carbocycles. The zero-order valence-corrected chi connectivity index (χ0v) is 10.8. The van der Waals surface area contributed by atoms with Gasteiger partial charge in [0.15, 0.2) is 0 Å². The van der Waals surface area contributed by atoms with Crippen molar-refractivity contribution in [2.75, 3.05) is 0 Å². The number of halogens is 1. The first kappa shape index (κ1) is 12.2. The Kier molecular flexibility index (Phi) is 2.71. The zero-order chi connectivity index (χ0) is 12.0. The number of aromatic nitrogens is 2. The summed E-state index contributed by atoms with van der Waals surface area (Å²) in [5, 5.41) is 4.29. The number of hydrogen-bond acceptors (Lipinski definition) is 1. The Bertz CT molecular complexity index is 364. The number of rotatable bonds is 0. The second-order valence-electron chi connectivity index (χ2n) is 6.14. The minimum Gasteiger partial charge on any atom is -0.242 e. The van der Waals surface area contributed by atoms with Crippen molar-refractivity contribution in [3.63, 3.8) is 0 Å². The Morgan fingerprint density at radius 3 is 1.73 bits per heavy atom. The molecule has 0 unspecified atom stereocenters. The summed E-state index contributed by atoms with van der Waals surface area (Å²) in [5.74, 6) is -0.215. The van der Waals surface area contributed by atoms with E-state index in [1.807, 2.05) is 20.8 Å². The van der Waals surface area contributed by atoms with Crippen molar-refractivity contribution in [2.45, 2.75) is 52.4 Å². The van der Waals surface area contributed by atoms with Crippen molar-refractivity contribution >= 4 is 0 Å². The Labute approximate surface area is 91.5 Å². The third kappa shape index (κ3) is 2.21. The molecule has 0 saturated heterocycles. The summed E-state index contributed by atoms with van der Waals surface area (Å²) in [4.78, 5) is 0. The van der Waals surface area contributed by atoms with Crippen molar-refractivity contribution in [1.29, 1.82) is 0 Å². The maximum Gasteiger partial charge on any atom is 0.215 e. The predicted molar refractivity (Wildman–Crippen MR) is 60.6 cm³/mol. The molecule has 1 rings (SSSR count). The van der Waals surface area contributed by atoms with Gasteiger partial charge in [-0.1, -0.05) is 41.5 Å². The van der Waals surface area contributed by atoms with Gasteiger partial charge >= 0.3 is 0 Å². The highest BCUT2D eigenvalue weighted by Gasteiger charge is 2.32. The van der Waals surface area contributed by atoms with Crippen LogP contribution in [0.1, 0.15) is 52.8 Å². The van der Waals surface area contributed by atoms with Crippen LogP contribution in [0.25, 0.3) is 0 Å². The van der Waals surface area contributed by atoms with E-state index in [2.05, 4.69) is 25.9 Å². The standard InChI is InChI=1S/C12H21FN2/c1-11(2,3)8-9(12(4,5)6)14-15(7)10(8)13/h1-7H3. The fourth-order valence-corrected chi connectivity index (χ4v) is 1.69. The highest BCUT2D eigenvalue weighted by Crippen LogP contribution is 2.34. The van der Waals surface area contributed by atoms with E-state index < -0.39 is 0 Å². The van der Waals surface area contributed by atoms with Gasteiger partial charge in [0.05, 0.1) is 5.69 Å². The maximum absolute atomic E-state index is 13.9. The summed E-state index contributed by atoms with van der Waals surface area (Å²) in [7, 11) is 1.65. The molecule has 0 fully saturated rings. The average molecular weight is 212 g/mol. The summed E-state index contributed by atoms with van der Waals surface area (Å²) in [5.41, 5.74) is 1.26. The Morgan fingerprint density at radius 1 is 1.00 bits per heavy atom. The van der Waals surface area contributed by atoms with Crippen molar-refractivity contribution in [2.24, 2.45) is 7.05 Å². The summed E-state index contributed by atoms with van der Waals surface area (Å²) >= 11 is 0. The van der Waals surface area contributed by atoms with Crippen molar-refractivity contribution in [1.82, 2.24) is 9.78 Å². The lowest BCUT2D eigenvalue weighted by atomic mass is 9.79. The normalized spacial score (nSPS) is 13.3. The Morgan fingerprint density at radius 2 is 1.47 bits per heavy atom. The third-order valence-corrected chi connectivity index (χ3v) is 2.44. The van der Waals surface area contributed by atoms with Crippen LogP contribution in [-0.2, 0) is 17.9 Å².